The zero-order valence-electron chi connectivity index (χ0n) is 7.24. The topological polar surface area (TPSA) is 81.9 Å². The van der Waals surface area contributed by atoms with Gasteiger partial charge in [-0.05, 0) is 6.92 Å². The number of hydrogen-bond acceptors (Lipinski definition) is 4. The summed E-state index contributed by atoms with van der Waals surface area (Å²) in [5.74, 6) is -0.106. The number of carboxylic acid groups (broad SMARTS) is 1. The van der Waals surface area contributed by atoms with E-state index in [9.17, 15) is 0 Å². The molecule has 0 fully saturated rings. The van der Waals surface area contributed by atoms with Gasteiger partial charge in [-0.3, -0.25) is 9.79 Å². The highest BCUT2D eigenvalue weighted by Gasteiger charge is 2.08. The van der Waals surface area contributed by atoms with Crippen molar-refractivity contribution in [2.75, 3.05) is 13.1 Å². The lowest BCUT2D eigenvalue weighted by Crippen LogP contribution is -2.28. The van der Waals surface area contributed by atoms with Crippen molar-refractivity contribution >= 4 is 11.8 Å². The van der Waals surface area contributed by atoms with Crippen LogP contribution in [-0.4, -0.2) is 41.2 Å². The zero-order chi connectivity index (χ0) is 9.56. The van der Waals surface area contributed by atoms with Crippen LogP contribution in [0.2, 0.25) is 0 Å². The van der Waals surface area contributed by atoms with Crippen LogP contribution in [0.4, 0.5) is 0 Å². The second-order valence-electron chi connectivity index (χ2n) is 2.39. The van der Waals surface area contributed by atoms with E-state index in [1.807, 2.05) is 0 Å². The third-order valence-electron chi connectivity index (χ3n) is 1.10. The first-order valence-corrected chi connectivity index (χ1v) is 3.70. The molecule has 0 aliphatic carbocycles. The van der Waals surface area contributed by atoms with Crippen molar-refractivity contribution in [3.63, 3.8) is 0 Å². The molecule has 12 heavy (non-hydrogen) atoms. The van der Waals surface area contributed by atoms with E-state index in [0.717, 1.165) is 25.8 Å². The van der Waals surface area contributed by atoms with Gasteiger partial charge in [0.1, 0.15) is 11.9 Å². The molecule has 0 aromatic rings. The number of rotatable bonds is 1. The van der Waals surface area contributed by atoms with Crippen LogP contribution in [0.5, 0.6) is 0 Å². The number of aliphatic carboxylic acids is 1. The minimum Gasteiger partial charge on any atom is -0.481 e. The van der Waals surface area contributed by atoms with Crippen molar-refractivity contribution in [3.05, 3.63) is 0 Å². The highest BCUT2D eigenvalue weighted by atomic mass is 16.4. The average molecular weight is 174 g/mol. The molecule has 70 valence electrons. The number of aliphatic hydroxyl groups is 1. The third-order valence-corrected chi connectivity index (χ3v) is 1.10. The quantitative estimate of drug-likeness (QED) is 0.498. The summed E-state index contributed by atoms with van der Waals surface area (Å²) in [4.78, 5) is 13.0. The van der Waals surface area contributed by atoms with Gasteiger partial charge < -0.3 is 15.5 Å². The van der Waals surface area contributed by atoms with Gasteiger partial charge in [0.2, 0.25) is 0 Å². The van der Waals surface area contributed by atoms with Crippen LogP contribution in [0.1, 0.15) is 13.8 Å². The Kier molecular flexibility index (Phi) is 5.03. The fourth-order valence-corrected chi connectivity index (χ4v) is 0.696. The summed E-state index contributed by atoms with van der Waals surface area (Å²) in [6.45, 7) is 4.47. The van der Waals surface area contributed by atoms with Gasteiger partial charge in [-0.25, -0.2) is 0 Å². The van der Waals surface area contributed by atoms with Gasteiger partial charge in [0.25, 0.3) is 5.97 Å². The fraction of sp³-hybridized carbons (Fsp3) is 0.714. The molecule has 3 N–H and O–H groups in total. The molecule has 5 heteroatoms. The first-order chi connectivity index (χ1) is 5.54. The summed E-state index contributed by atoms with van der Waals surface area (Å²) in [5.41, 5.74) is 0. The minimum atomic E-state index is -0.833. The summed E-state index contributed by atoms with van der Waals surface area (Å²) in [7, 11) is 0. The number of nitrogens with zero attached hydrogens (tertiary/aromatic N) is 1. The Labute approximate surface area is 71.1 Å². The first-order valence-electron chi connectivity index (χ1n) is 3.70. The molecule has 1 aliphatic heterocycles. The highest BCUT2D eigenvalue weighted by Crippen LogP contribution is 1.89. The van der Waals surface area contributed by atoms with Gasteiger partial charge in [0.15, 0.2) is 0 Å². The molecule has 0 radical (unpaired) electrons. The predicted molar refractivity (Wildman–Crippen MR) is 45.3 cm³/mol. The number of aliphatic hydroxyl groups excluding tert-OH is 1. The van der Waals surface area contributed by atoms with Crippen LogP contribution in [0.15, 0.2) is 4.99 Å². The molecule has 1 rings (SSSR count). The van der Waals surface area contributed by atoms with Gasteiger partial charge in [-0.2, -0.15) is 0 Å². The Bertz CT molecular complexity index is 173. The summed E-state index contributed by atoms with van der Waals surface area (Å²) in [6, 6.07) is 0. The van der Waals surface area contributed by atoms with Gasteiger partial charge in [-0.1, -0.05) is 0 Å². The van der Waals surface area contributed by atoms with Crippen LogP contribution in [0, 0.1) is 0 Å². The molecular formula is C7H14N2O3. The molecular weight excluding hydrogens is 160 g/mol. The van der Waals surface area contributed by atoms with E-state index < -0.39 is 12.1 Å². The molecule has 0 amide bonds. The number of carbonyl (C=O) groups is 1. The van der Waals surface area contributed by atoms with Crippen molar-refractivity contribution < 1.29 is 15.0 Å². The van der Waals surface area contributed by atoms with Crippen molar-refractivity contribution in [1.82, 2.24) is 5.32 Å². The van der Waals surface area contributed by atoms with Crippen LogP contribution < -0.4 is 5.32 Å². The van der Waals surface area contributed by atoms with E-state index in [2.05, 4.69) is 10.3 Å². The normalized spacial score (nSPS) is 16.8. The summed E-state index contributed by atoms with van der Waals surface area (Å²) >= 11 is 0. The minimum absolute atomic E-state index is 0.419. The second kappa shape index (κ2) is 5.54. The maximum atomic E-state index is 9.00. The van der Waals surface area contributed by atoms with Crippen molar-refractivity contribution in [2.45, 2.75) is 20.0 Å². The number of nitrogens with one attached hydrogen (secondary N) is 1. The van der Waals surface area contributed by atoms with Crippen LogP contribution in [0.25, 0.3) is 0 Å². The Morgan fingerprint density at radius 1 is 1.75 bits per heavy atom. The fourth-order valence-electron chi connectivity index (χ4n) is 0.696. The average Bonchev–Trinajstić information content (AvgIpc) is 2.34. The first kappa shape index (κ1) is 10.9. The van der Waals surface area contributed by atoms with Crippen molar-refractivity contribution in [1.29, 1.82) is 0 Å². The maximum Gasteiger partial charge on any atom is 0.300 e. The van der Waals surface area contributed by atoms with Crippen LogP contribution >= 0.6 is 0 Å². The highest BCUT2D eigenvalue weighted by molar-refractivity contribution is 5.87. The molecule has 1 atom stereocenters. The van der Waals surface area contributed by atoms with Gasteiger partial charge in [0, 0.05) is 13.5 Å². The summed E-state index contributed by atoms with van der Waals surface area (Å²) in [5, 5.41) is 19.2. The Hall–Kier alpha value is -1.10. The zero-order valence-corrected chi connectivity index (χ0v) is 7.24. The monoisotopic (exact) mass is 174 g/mol. The third kappa shape index (κ3) is 5.67. The van der Waals surface area contributed by atoms with Crippen LogP contribution in [0.3, 0.4) is 0 Å². The standard InChI is InChI=1S/C5H10N2O.C2H4O2/c1-4(8)5-6-2-3-7-5;1-2(3)4/h4,8H,2-3H2,1H3,(H,6,7);1H3,(H,3,4). The van der Waals surface area contributed by atoms with E-state index in [4.69, 9.17) is 15.0 Å². The lowest BCUT2D eigenvalue weighted by molar-refractivity contribution is -0.134. The number of aliphatic imine (C=N–C) groups is 1. The van der Waals surface area contributed by atoms with Gasteiger partial charge in [0.05, 0.1) is 6.54 Å². The lowest BCUT2D eigenvalue weighted by atomic mass is 10.4. The smallest absolute Gasteiger partial charge is 0.300 e. The van der Waals surface area contributed by atoms with Crippen LogP contribution in [-0.2, 0) is 4.79 Å². The predicted octanol–water partition coefficient (Wildman–Crippen LogP) is -0.540. The molecule has 1 heterocycles. The Morgan fingerprint density at radius 3 is 2.42 bits per heavy atom. The van der Waals surface area contributed by atoms with Crippen molar-refractivity contribution in [2.24, 2.45) is 4.99 Å². The van der Waals surface area contributed by atoms with Crippen molar-refractivity contribution in [3.8, 4) is 0 Å². The SMILES string of the molecule is CC(=O)O.CC(O)C1=NCCN1. The molecule has 0 saturated heterocycles. The van der Waals surface area contributed by atoms with E-state index in [-0.39, 0.29) is 0 Å². The molecule has 0 aromatic carbocycles. The molecule has 0 saturated carbocycles. The Balaban J connectivity index is 0.000000261. The van der Waals surface area contributed by atoms with E-state index in [1.54, 1.807) is 6.92 Å². The molecule has 5 nitrogen and oxygen atoms in total. The van der Waals surface area contributed by atoms with E-state index in [0.29, 0.717) is 0 Å². The largest absolute Gasteiger partial charge is 0.481 e. The second-order valence-corrected chi connectivity index (χ2v) is 2.39. The molecule has 0 bridgehead atoms. The molecule has 1 unspecified atom stereocenters. The lowest BCUT2D eigenvalue weighted by Gasteiger charge is -2.02. The van der Waals surface area contributed by atoms with E-state index >= 15 is 0 Å². The Morgan fingerprint density at radius 2 is 2.25 bits per heavy atom. The number of amidine groups is 1. The number of hydrogen-bond donors (Lipinski definition) is 3. The van der Waals surface area contributed by atoms with Gasteiger partial charge >= 0.3 is 0 Å². The van der Waals surface area contributed by atoms with E-state index in [1.165, 1.54) is 0 Å². The number of carboxylic acids is 1. The molecule has 0 aromatic heterocycles. The summed E-state index contributed by atoms with van der Waals surface area (Å²) < 4.78 is 0. The summed E-state index contributed by atoms with van der Waals surface area (Å²) in [6.07, 6.45) is -0.419. The molecule has 0 spiro atoms. The molecule has 1 aliphatic rings. The van der Waals surface area contributed by atoms with Gasteiger partial charge in [-0.15, -0.1) is 0 Å². The maximum absolute atomic E-state index is 9.00.